The molecular weight excluding hydrogens is 544 g/mol. The molecule has 0 aliphatic heterocycles. The van der Waals surface area contributed by atoms with Crippen molar-refractivity contribution in [2.24, 2.45) is 0 Å². The van der Waals surface area contributed by atoms with Crippen molar-refractivity contribution in [1.82, 2.24) is 0 Å². The fraction of sp³-hybridized carbons (Fsp3) is 0.900. The van der Waals surface area contributed by atoms with Gasteiger partial charge in [0.05, 0.1) is 6.61 Å². The molecule has 0 bridgehead atoms. The molecule has 44 heavy (non-hydrogen) atoms. The van der Waals surface area contributed by atoms with Gasteiger partial charge in [0.2, 0.25) is 0 Å². The lowest BCUT2D eigenvalue weighted by Gasteiger charge is -2.05. The maximum absolute atomic E-state index is 11.2. The van der Waals surface area contributed by atoms with Gasteiger partial charge in [-0.05, 0) is 19.8 Å². The van der Waals surface area contributed by atoms with Crippen LogP contribution in [0.3, 0.4) is 0 Å². The zero-order valence-electron chi connectivity index (χ0n) is 30.2. The fourth-order valence-corrected chi connectivity index (χ4v) is 5.59. The Kier molecular flexibility index (Phi) is 40.4. The molecule has 0 heterocycles. The second-order valence-electron chi connectivity index (χ2n) is 13.3. The van der Waals surface area contributed by atoms with Crippen LogP contribution in [0.1, 0.15) is 226 Å². The van der Waals surface area contributed by atoms with Gasteiger partial charge in [0.25, 0.3) is 0 Å². The lowest BCUT2D eigenvalue weighted by atomic mass is 10.0. The van der Waals surface area contributed by atoms with Crippen molar-refractivity contribution < 1.29 is 19.4 Å². The molecule has 0 aromatic heterocycles. The molecule has 0 aliphatic carbocycles. The second kappa shape index (κ2) is 39.7. The number of carbonyl (C=O) groups excluding carboxylic acids is 1. The molecule has 0 aromatic carbocycles. The smallest absolute Gasteiger partial charge is 0.333 e. The number of carboxylic acid groups (broad SMARTS) is 1. The molecular formula is C40H78O4. The Bertz CT molecular complexity index is 600. The predicted molar refractivity (Wildman–Crippen MR) is 193 cm³/mol. The Morgan fingerprint density at radius 2 is 0.705 bits per heavy atom. The van der Waals surface area contributed by atoms with Crippen molar-refractivity contribution in [1.29, 1.82) is 0 Å². The average Bonchev–Trinajstić information content (AvgIpc) is 3.00. The van der Waals surface area contributed by atoms with Crippen LogP contribution in [0.5, 0.6) is 0 Å². The summed E-state index contributed by atoms with van der Waals surface area (Å²) in [4.78, 5) is 21.5. The molecule has 0 unspecified atom stereocenters. The molecule has 4 heteroatoms. The number of unbranched alkanes of at least 4 members (excludes halogenated alkanes) is 29. The SMILES string of the molecule is C=C(C)C(=O)OCCCCCCCCCCCCCCCCCC.CCCCCCCCCCCCCCCCCC(=O)O. The third kappa shape index (κ3) is 42.8. The summed E-state index contributed by atoms with van der Waals surface area (Å²) >= 11 is 0. The van der Waals surface area contributed by atoms with Crippen LogP contribution in [-0.4, -0.2) is 23.7 Å². The van der Waals surface area contributed by atoms with Gasteiger partial charge in [-0.2, -0.15) is 0 Å². The summed E-state index contributed by atoms with van der Waals surface area (Å²) in [6.07, 6.45) is 41.9. The summed E-state index contributed by atoms with van der Waals surface area (Å²) in [6.45, 7) is 10.4. The third-order valence-corrected chi connectivity index (χ3v) is 8.57. The monoisotopic (exact) mass is 623 g/mol. The number of aliphatic carboxylic acids is 1. The number of ether oxygens (including phenoxy) is 1. The maximum Gasteiger partial charge on any atom is 0.333 e. The highest BCUT2D eigenvalue weighted by Crippen LogP contribution is 2.15. The third-order valence-electron chi connectivity index (χ3n) is 8.57. The van der Waals surface area contributed by atoms with Gasteiger partial charge in [-0.15, -0.1) is 0 Å². The predicted octanol–water partition coefficient (Wildman–Crippen LogP) is 13.7. The molecule has 0 aromatic rings. The highest BCUT2D eigenvalue weighted by molar-refractivity contribution is 5.86. The highest BCUT2D eigenvalue weighted by atomic mass is 16.5. The molecule has 0 amide bonds. The van der Waals surface area contributed by atoms with E-state index in [1.165, 1.54) is 180 Å². The first kappa shape index (κ1) is 44.8. The number of carbonyl (C=O) groups is 2. The zero-order valence-corrected chi connectivity index (χ0v) is 30.2. The van der Waals surface area contributed by atoms with Crippen molar-refractivity contribution >= 4 is 11.9 Å². The van der Waals surface area contributed by atoms with E-state index in [-0.39, 0.29) is 5.97 Å². The summed E-state index contributed by atoms with van der Waals surface area (Å²) in [7, 11) is 0. The minimum absolute atomic E-state index is 0.254. The number of rotatable bonds is 34. The number of hydrogen-bond donors (Lipinski definition) is 1. The van der Waals surface area contributed by atoms with E-state index in [4.69, 9.17) is 9.84 Å². The molecule has 4 nitrogen and oxygen atoms in total. The molecule has 0 spiro atoms. The van der Waals surface area contributed by atoms with Crippen molar-refractivity contribution in [2.75, 3.05) is 6.61 Å². The van der Waals surface area contributed by atoms with E-state index in [0.717, 1.165) is 19.3 Å². The average molecular weight is 623 g/mol. The van der Waals surface area contributed by atoms with Gasteiger partial charge in [0, 0.05) is 12.0 Å². The van der Waals surface area contributed by atoms with Crippen LogP contribution >= 0.6 is 0 Å². The van der Waals surface area contributed by atoms with E-state index in [0.29, 0.717) is 18.6 Å². The van der Waals surface area contributed by atoms with Crippen molar-refractivity contribution in [3.8, 4) is 0 Å². The second-order valence-corrected chi connectivity index (χ2v) is 13.3. The number of hydrogen-bond acceptors (Lipinski definition) is 3. The summed E-state index contributed by atoms with van der Waals surface area (Å²) in [5.74, 6) is -0.907. The molecule has 0 fully saturated rings. The van der Waals surface area contributed by atoms with Gasteiger partial charge in [0.15, 0.2) is 0 Å². The summed E-state index contributed by atoms with van der Waals surface area (Å²) in [5, 5.41) is 8.52. The van der Waals surface area contributed by atoms with Crippen LogP contribution < -0.4 is 0 Å². The van der Waals surface area contributed by atoms with E-state index in [9.17, 15) is 9.59 Å². The molecule has 0 rings (SSSR count). The van der Waals surface area contributed by atoms with Crippen LogP contribution in [0.4, 0.5) is 0 Å². The van der Waals surface area contributed by atoms with E-state index in [1.807, 2.05) is 0 Å². The Hall–Kier alpha value is -1.32. The van der Waals surface area contributed by atoms with Crippen molar-refractivity contribution in [3.63, 3.8) is 0 Å². The quantitative estimate of drug-likeness (QED) is 0.0440. The standard InChI is InChI=1S/C22H42O2.C18H36O2/c1-4-5-6-7-8-9-10-11-12-13-14-15-16-17-18-19-20-24-22(23)21(2)3;1-2-3-4-5-6-7-8-9-10-11-12-13-14-15-16-17-18(19)20/h2,4-20H2,1,3H3;2-17H2,1H3,(H,19,20). The normalized spacial score (nSPS) is 10.8. The fourth-order valence-electron chi connectivity index (χ4n) is 5.59. The Balaban J connectivity index is 0. The van der Waals surface area contributed by atoms with E-state index < -0.39 is 5.97 Å². The summed E-state index contributed by atoms with van der Waals surface area (Å²) < 4.78 is 5.08. The molecule has 0 radical (unpaired) electrons. The van der Waals surface area contributed by atoms with Gasteiger partial charge in [-0.3, -0.25) is 4.79 Å². The molecule has 0 saturated heterocycles. The van der Waals surface area contributed by atoms with E-state index in [1.54, 1.807) is 6.92 Å². The maximum atomic E-state index is 11.2. The first-order valence-corrected chi connectivity index (χ1v) is 19.5. The molecule has 0 aliphatic rings. The van der Waals surface area contributed by atoms with Gasteiger partial charge >= 0.3 is 11.9 Å². The lowest BCUT2D eigenvalue weighted by molar-refractivity contribution is -0.139. The van der Waals surface area contributed by atoms with Crippen LogP contribution in [0.2, 0.25) is 0 Å². The van der Waals surface area contributed by atoms with Gasteiger partial charge in [-0.25, -0.2) is 4.79 Å². The van der Waals surface area contributed by atoms with Gasteiger partial charge in [0.1, 0.15) is 0 Å². The molecule has 262 valence electrons. The summed E-state index contributed by atoms with van der Waals surface area (Å²) in [5.41, 5.74) is 0.492. The number of carboxylic acids is 1. The van der Waals surface area contributed by atoms with Crippen LogP contribution in [-0.2, 0) is 14.3 Å². The first-order valence-electron chi connectivity index (χ1n) is 19.5. The van der Waals surface area contributed by atoms with Gasteiger partial charge in [-0.1, -0.05) is 207 Å². The Morgan fingerprint density at radius 1 is 0.455 bits per heavy atom. The molecule has 0 atom stereocenters. The molecule has 0 saturated carbocycles. The van der Waals surface area contributed by atoms with E-state index in [2.05, 4.69) is 20.4 Å². The first-order chi connectivity index (χ1) is 21.5. The summed E-state index contributed by atoms with van der Waals surface area (Å²) in [6, 6.07) is 0. The number of esters is 1. The highest BCUT2D eigenvalue weighted by Gasteiger charge is 2.02. The van der Waals surface area contributed by atoms with Crippen molar-refractivity contribution in [2.45, 2.75) is 226 Å². The zero-order chi connectivity index (χ0) is 32.8. The topological polar surface area (TPSA) is 63.6 Å². The minimum Gasteiger partial charge on any atom is -0.481 e. The van der Waals surface area contributed by atoms with Gasteiger partial charge < -0.3 is 9.84 Å². The van der Waals surface area contributed by atoms with Crippen LogP contribution in [0.15, 0.2) is 12.2 Å². The largest absolute Gasteiger partial charge is 0.481 e. The minimum atomic E-state index is -0.653. The Morgan fingerprint density at radius 3 is 0.955 bits per heavy atom. The molecule has 1 N–H and O–H groups in total. The van der Waals surface area contributed by atoms with E-state index >= 15 is 0 Å². The van der Waals surface area contributed by atoms with Crippen molar-refractivity contribution in [3.05, 3.63) is 12.2 Å². The van der Waals surface area contributed by atoms with Crippen LogP contribution in [0, 0.1) is 0 Å². The van der Waals surface area contributed by atoms with Crippen LogP contribution in [0.25, 0.3) is 0 Å². The Labute approximate surface area is 276 Å². The lowest BCUT2D eigenvalue weighted by Crippen LogP contribution is -2.05.